The quantitative estimate of drug-likeness (QED) is 0.842. The zero-order valence-corrected chi connectivity index (χ0v) is 16.1. The second-order valence-corrected chi connectivity index (χ2v) is 7.71. The second kappa shape index (κ2) is 7.36. The molecule has 1 atom stereocenters. The summed E-state index contributed by atoms with van der Waals surface area (Å²) in [6.07, 6.45) is 1.70. The van der Waals surface area contributed by atoms with Crippen molar-refractivity contribution in [1.29, 1.82) is 0 Å². The highest BCUT2D eigenvalue weighted by Gasteiger charge is 2.35. The number of carboxylic acid groups (broad SMARTS) is 1. The first-order chi connectivity index (χ1) is 12.3. The lowest BCUT2D eigenvalue weighted by Gasteiger charge is -2.38. The first kappa shape index (κ1) is 18.8. The maximum Gasteiger partial charge on any atom is 0.313 e. The average molecular weight is 363 g/mol. The second-order valence-electron chi connectivity index (χ2n) is 7.71. The van der Waals surface area contributed by atoms with Crippen molar-refractivity contribution in [2.75, 3.05) is 62.8 Å². The molecule has 0 radical (unpaired) electrons. The van der Waals surface area contributed by atoms with Crippen LogP contribution in [0.3, 0.4) is 0 Å². The first-order valence-electron chi connectivity index (χ1n) is 9.19. The predicted octanol–water partition coefficient (Wildman–Crippen LogP) is 0.816. The van der Waals surface area contributed by atoms with Crippen molar-refractivity contribution in [3.8, 4) is 0 Å². The number of piperazine rings is 1. The van der Waals surface area contributed by atoms with E-state index in [0.29, 0.717) is 43.9 Å². The number of ether oxygens (including phenoxy) is 1. The van der Waals surface area contributed by atoms with E-state index in [1.54, 1.807) is 20.0 Å². The van der Waals surface area contributed by atoms with Gasteiger partial charge in [-0.3, -0.25) is 4.79 Å². The fraction of sp³-hybridized carbons (Fsp3) is 0.722. The Bertz CT molecular complexity index is 660. The molecule has 0 aromatic carbocycles. The number of aromatic nitrogens is 2. The number of nitrogens with zero attached hydrogens (tertiary/aromatic N) is 5. The molecule has 8 nitrogen and oxygen atoms in total. The molecular formula is C18H29N5O3. The van der Waals surface area contributed by atoms with Crippen molar-refractivity contribution in [2.45, 2.75) is 32.2 Å². The van der Waals surface area contributed by atoms with E-state index in [1.807, 2.05) is 0 Å². The number of likely N-dealkylation sites (N-methyl/N-ethyl adjacent to an activating group) is 1. The van der Waals surface area contributed by atoms with Crippen molar-refractivity contribution < 1.29 is 14.6 Å². The molecule has 1 aromatic rings. The third-order valence-electron chi connectivity index (χ3n) is 5.52. The van der Waals surface area contributed by atoms with Gasteiger partial charge in [0, 0.05) is 50.5 Å². The zero-order chi connectivity index (χ0) is 18.9. The molecule has 144 valence electrons. The summed E-state index contributed by atoms with van der Waals surface area (Å²) in [6, 6.07) is 0.425. The van der Waals surface area contributed by atoms with Crippen molar-refractivity contribution in [1.82, 2.24) is 14.9 Å². The van der Waals surface area contributed by atoms with Gasteiger partial charge in [0.05, 0.1) is 18.6 Å². The molecule has 0 amide bonds. The van der Waals surface area contributed by atoms with Crippen LogP contribution in [-0.2, 0) is 14.9 Å². The van der Waals surface area contributed by atoms with Gasteiger partial charge in [-0.05, 0) is 27.8 Å². The van der Waals surface area contributed by atoms with E-state index in [4.69, 9.17) is 9.72 Å². The Kier molecular flexibility index (Phi) is 5.34. The summed E-state index contributed by atoms with van der Waals surface area (Å²) in [5.41, 5.74) is -0.403. The number of hydrogen-bond acceptors (Lipinski definition) is 7. The number of morpholine rings is 1. The number of anilines is 2. The largest absolute Gasteiger partial charge is 0.481 e. The maximum atomic E-state index is 11.8. The molecule has 2 saturated heterocycles. The van der Waals surface area contributed by atoms with Crippen LogP contribution >= 0.6 is 0 Å². The average Bonchev–Trinajstić information content (AvgIpc) is 2.64. The van der Waals surface area contributed by atoms with Gasteiger partial charge in [0.2, 0.25) is 5.95 Å². The SMILES string of the molecule is C[C@H]1CN(c2ncc(C(C)(C)C(=O)O)c(N3CCOCC3)n2)CCN1C. The molecule has 8 heteroatoms. The Hall–Kier alpha value is -1.93. The molecule has 0 unspecified atom stereocenters. The van der Waals surface area contributed by atoms with E-state index in [1.165, 1.54) is 0 Å². The lowest BCUT2D eigenvalue weighted by Crippen LogP contribution is -2.50. The van der Waals surface area contributed by atoms with Gasteiger partial charge in [0.1, 0.15) is 5.82 Å². The molecule has 2 fully saturated rings. The third kappa shape index (κ3) is 3.61. The van der Waals surface area contributed by atoms with Crippen molar-refractivity contribution >= 4 is 17.7 Å². The molecular weight excluding hydrogens is 334 g/mol. The minimum atomic E-state index is -1.05. The Morgan fingerprint density at radius 1 is 1.23 bits per heavy atom. The van der Waals surface area contributed by atoms with Crippen LogP contribution in [0.5, 0.6) is 0 Å². The molecule has 1 N–H and O–H groups in total. The molecule has 0 saturated carbocycles. The minimum absolute atomic E-state index is 0.425. The van der Waals surface area contributed by atoms with E-state index in [0.717, 1.165) is 25.5 Å². The molecule has 2 aliphatic rings. The molecule has 0 spiro atoms. The number of carbonyl (C=O) groups is 1. The zero-order valence-electron chi connectivity index (χ0n) is 16.1. The maximum absolute atomic E-state index is 11.8. The predicted molar refractivity (Wildman–Crippen MR) is 100 cm³/mol. The fourth-order valence-electron chi connectivity index (χ4n) is 3.32. The molecule has 3 heterocycles. The van der Waals surface area contributed by atoms with Crippen molar-refractivity contribution in [2.24, 2.45) is 0 Å². The highest BCUT2D eigenvalue weighted by atomic mass is 16.5. The summed E-state index contributed by atoms with van der Waals surface area (Å²) in [7, 11) is 2.13. The van der Waals surface area contributed by atoms with Gasteiger partial charge in [0.25, 0.3) is 0 Å². The van der Waals surface area contributed by atoms with Gasteiger partial charge in [-0.1, -0.05) is 0 Å². The van der Waals surface area contributed by atoms with E-state index in [9.17, 15) is 9.90 Å². The number of carboxylic acids is 1. The molecule has 3 rings (SSSR count). The Morgan fingerprint density at radius 2 is 1.92 bits per heavy atom. The summed E-state index contributed by atoms with van der Waals surface area (Å²) >= 11 is 0. The molecule has 26 heavy (non-hydrogen) atoms. The van der Waals surface area contributed by atoms with Crippen LogP contribution in [0.15, 0.2) is 6.20 Å². The summed E-state index contributed by atoms with van der Waals surface area (Å²) in [6.45, 7) is 10.9. The van der Waals surface area contributed by atoms with Crippen LogP contribution in [-0.4, -0.2) is 85.0 Å². The third-order valence-corrected chi connectivity index (χ3v) is 5.52. The van der Waals surface area contributed by atoms with Crippen LogP contribution in [0, 0.1) is 0 Å². The lowest BCUT2D eigenvalue weighted by molar-refractivity contribution is -0.142. The number of rotatable bonds is 4. The smallest absolute Gasteiger partial charge is 0.313 e. The van der Waals surface area contributed by atoms with Gasteiger partial charge in [-0.25, -0.2) is 4.98 Å². The van der Waals surface area contributed by atoms with Gasteiger partial charge >= 0.3 is 5.97 Å². The van der Waals surface area contributed by atoms with Crippen molar-refractivity contribution in [3.05, 3.63) is 11.8 Å². The lowest BCUT2D eigenvalue weighted by atomic mass is 9.85. The van der Waals surface area contributed by atoms with Crippen LogP contribution < -0.4 is 9.80 Å². The van der Waals surface area contributed by atoms with Gasteiger partial charge in [-0.2, -0.15) is 4.98 Å². The number of hydrogen-bond donors (Lipinski definition) is 1. The minimum Gasteiger partial charge on any atom is -0.481 e. The summed E-state index contributed by atoms with van der Waals surface area (Å²) < 4.78 is 5.45. The van der Waals surface area contributed by atoms with E-state index in [-0.39, 0.29) is 0 Å². The summed E-state index contributed by atoms with van der Waals surface area (Å²) in [4.78, 5) is 27.8. The highest BCUT2D eigenvalue weighted by molar-refractivity contribution is 5.82. The highest BCUT2D eigenvalue weighted by Crippen LogP contribution is 2.32. The van der Waals surface area contributed by atoms with E-state index in [2.05, 4.69) is 33.7 Å². The summed E-state index contributed by atoms with van der Waals surface area (Å²) in [5, 5.41) is 9.68. The topological polar surface area (TPSA) is 82.0 Å². The number of aliphatic carboxylic acids is 1. The van der Waals surface area contributed by atoms with Gasteiger partial charge in [0.15, 0.2) is 0 Å². The Morgan fingerprint density at radius 3 is 2.54 bits per heavy atom. The van der Waals surface area contributed by atoms with E-state index < -0.39 is 11.4 Å². The van der Waals surface area contributed by atoms with Crippen molar-refractivity contribution in [3.63, 3.8) is 0 Å². The molecule has 0 bridgehead atoms. The standard InChI is InChI=1S/C18H29N5O3/c1-13-12-23(6-5-21(13)4)17-19-11-14(18(2,3)16(24)25)15(20-17)22-7-9-26-10-8-22/h11,13H,5-10,12H2,1-4H3,(H,24,25)/t13-/m0/s1. The Balaban J connectivity index is 1.97. The molecule has 0 aliphatic carbocycles. The molecule has 2 aliphatic heterocycles. The van der Waals surface area contributed by atoms with Crippen LogP contribution in [0.2, 0.25) is 0 Å². The summed E-state index contributed by atoms with van der Waals surface area (Å²) in [5.74, 6) is 0.519. The van der Waals surface area contributed by atoms with E-state index >= 15 is 0 Å². The van der Waals surface area contributed by atoms with Gasteiger partial charge < -0.3 is 24.5 Å². The van der Waals surface area contributed by atoms with Gasteiger partial charge in [-0.15, -0.1) is 0 Å². The van der Waals surface area contributed by atoms with Crippen LogP contribution in [0.4, 0.5) is 11.8 Å². The Labute approximate surface area is 154 Å². The normalized spacial score (nSPS) is 22.5. The van der Waals surface area contributed by atoms with Crippen LogP contribution in [0.25, 0.3) is 0 Å². The van der Waals surface area contributed by atoms with Crippen LogP contribution in [0.1, 0.15) is 26.3 Å². The fourth-order valence-corrected chi connectivity index (χ4v) is 3.32. The first-order valence-corrected chi connectivity index (χ1v) is 9.19. The molecule has 1 aromatic heterocycles. The monoisotopic (exact) mass is 363 g/mol.